The molecule has 1 fully saturated rings. The number of amides is 2. The van der Waals surface area contributed by atoms with E-state index in [1.165, 1.54) is 0 Å². The average Bonchev–Trinajstić information content (AvgIpc) is 2.34. The largest absolute Gasteiger partial charge is 0.353 e. The monoisotopic (exact) mass is 282 g/mol. The third kappa shape index (κ3) is 2.70. The molecular weight excluding hydrogens is 252 g/mol. The number of likely N-dealkylation sites (tertiary alicyclic amines) is 1. The number of hydrogen-bond acceptors (Lipinski definition) is 2. The van der Waals surface area contributed by atoms with Crippen LogP contribution in [0.1, 0.15) is 67.7 Å². The molecule has 0 aromatic rings. The van der Waals surface area contributed by atoms with Crippen molar-refractivity contribution in [2.75, 3.05) is 0 Å². The van der Waals surface area contributed by atoms with E-state index in [1.807, 2.05) is 0 Å². The highest BCUT2D eigenvalue weighted by atomic mass is 16.2. The first-order valence-corrected chi connectivity index (χ1v) is 7.70. The van der Waals surface area contributed by atoms with Gasteiger partial charge in [-0.15, -0.1) is 0 Å². The van der Waals surface area contributed by atoms with Gasteiger partial charge in [-0.25, -0.2) is 0 Å². The predicted octanol–water partition coefficient (Wildman–Crippen LogP) is 2.72. The third-order valence-electron chi connectivity index (χ3n) is 5.48. The van der Waals surface area contributed by atoms with Gasteiger partial charge in [0.25, 0.3) is 0 Å². The minimum Gasteiger partial charge on any atom is -0.353 e. The Morgan fingerprint density at radius 2 is 1.75 bits per heavy atom. The standard InChI is InChI=1S/C16H30N2O2/c1-8-15(6)10-14(17-12(4)19)11(3)16(7,9-2)18(15)13(5)20/h11,14H,8-10H2,1-7H3,(H,17,19). The van der Waals surface area contributed by atoms with Gasteiger partial charge in [0.2, 0.25) is 11.8 Å². The van der Waals surface area contributed by atoms with Crippen LogP contribution in [0.3, 0.4) is 0 Å². The Labute approximate surface area is 123 Å². The van der Waals surface area contributed by atoms with Gasteiger partial charge in [-0.05, 0) is 39.0 Å². The highest BCUT2D eigenvalue weighted by Crippen LogP contribution is 2.45. The second-order valence-electron chi connectivity index (χ2n) is 6.72. The molecule has 1 rings (SSSR count). The zero-order chi connectivity index (χ0) is 15.7. The first-order valence-electron chi connectivity index (χ1n) is 7.70. The van der Waals surface area contributed by atoms with Gasteiger partial charge < -0.3 is 10.2 Å². The molecule has 0 bridgehead atoms. The van der Waals surface area contributed by atoms with Crippen LogP contribution in [0.25, 0.3) is 0 Å². The highest BCUT2D eigenvalue weighted by molar-refractivity contribution is 5.76. The van der Waals surface area contributed by atoms with Gasteiger partial charge >= 0.3 is 0 Å². The van der Waals surface area contributed by atoms with E-state index >= 15 is 0 Å². The fraction of sp³-hybridized carbons (Fsp3) is 0.875. The molecule has 0 spiro atoms. The van der Waals surface area contributed by atoms with Crippen molar-refractivity contribution in [3.63, 3.8) is 0 Å². The average molecular weight is 282 g/mol. The fourth-order valence-electron chi connectivity index (χ4n) is 3.95. The normalized spacial score (nSPS) is 37.6. The molecule has 1 aliphatic rings. The van der Waals surface area contributed by atoms with Crippen molar-refractivity contribution in [1.82, 2.24) is 10.2 Å². The van der Waals surface area contributed by atoms with Crippen LogP contribution in [0, 0.1) is 5.92 Å². The molecule has 1 heterocycles. The fourth-order valence-corrected chi connectivity index (χ4v) is 3.95. The van der Waals surface area contributed by atoms with Gasteiger partial charge in [-0.2, -0.15) is 0 Å². The van der Waals surface area contributed by atoms with Crippen molar-refractivity contribution in [3.8, 4) is 0 Å². The Morgan fingerprint density at radius 3 is 2.10 bits per heavy atom. The lowest BCUT2D eigenvalue weighted by Gasteiger charge is -2.60. The Balaban J connectivity index is 3.28. The van der Waals surface area contributed by atoms with E-state index < -0.39 is 0 Å². The number of carbonyl (C=O) groups is 2. The summed E-state index contributed by atoms with van der Waals surface area (Å²) in [5, 5.41) is 3.09. The van der Waals surface area contributed by atoms with E-state index in [0.29, 0.717) is 0 Å². The molecule has 20 heavy (non-hydrogen) atoms. The van der Waals surface area contributed by atoms with E-state index in [2.05, 4.69) is 44.8 Å². The maximum atomic E-state index is 12.3. The van der Waals surface area contributed by atoms with Crippen LogP contribution >= 0.6 is 0 Å². The lowest BCUT2D eigenvalue weighted by molar-refractivity contribution is -0.158. The number of rotatable bonds is 3. The molecule has 1 saturated heterocycles. The second-order valence-corrected chi connectivity index (χ2v) is 6.72. The van der Waals surface area contributed by atoms with Gasteiger partial charge in [0, 0.05) is 31.0 Å². The molecule has 0 aliphatic carbocycles. The van der Waals surface area contributed by atoms with Gasteiger partial charge in [0.05, 0.1) is 0 Å². The summed E-state index contributed by atoms with van der Waals surface area (Å²) >= 11 is 0. The number of nitrogens with zero attached hydrogens (tertiary/aromatic N) is 1. The van der Waals surface area contributed by atoms with Crippen molar-refractivity contribution < 1.29 is 9.59 Å². The first-order chi connectivity index (χ1) is 9.12. The number of nitrogens with one attached hydrogen (secondary N) is 1. The van der Waals surface area contributed by atoms with Gasteiger partial charge in [-0.1, -0.05) is 20.8 Å². The summed E-state index contributed by atoms with van der Waals surface area (Å²) < 4.78 is 0. The summed E-state index contributed by atoms with van der Waals surface area (Å²) in [7, 11) is 0. The minimum absolute atomic E-state index is 0.00929. The Kier molecular flexibility index (Phi) is 4.88. The van der Waals surface area contributed by atoms with Gasteiger partial charge in [-0.3, -0.25) is 9.59 Å². The predicted molar refractivity (Wildman–Crippen MR) is 81.3 cm³/mol. The van der Waals surface area contributed by atoms with Crippen LogP contribution in [0.15, 0.2) is 0 Å². The van der Waals surface area contributed by atoms with Crippen molar-refractivity contribution >= 4 is 11.8 Å². The quantitative estimate of drug-likeness (QED) is 0.865. The zero-order valence-corrected chi connectivity index (χ0v) is 14.0. The van der Waals surface area contributed by atoms with E-state index in [0.717, 1.165) is 19.3 Å². The Hall–Kier alpha value is -1.06. The Bertz CT molecular complexity index is 396. The lowest BCUT2D eigenvalue weighted by atomic mass is 9.67. The van der Waals surface area contributed by atoms with Crippen LogP contribution < -0.4 is 5.32 Å². The molecule has 116 valence electrons. The highest BCUT2D eigenvalue weighted by Gasteiger charge is 2.53. The van der Waals surface area contributed by atoms with Gasteiger partial charge in [0.15, 0.2) is 0 Å². The maximum absolute atomic E-state index is 12.3. The van der Waals surface area contributed by atoms with Crippen LogP contribution in [0.4, 0.5) is 0 Å². The van der Waals surface area contributed by atoms with Crippen molar-refractivity contribution in [2.45, 2.75) is 84.8 Å². The molecule has 4 atom stereocenters. The Morgan fingerprint density at radius 1 is 1.20 bits per heavy atom. The van der Waals surface area contributed by atoms with E-state index in [9.17, 15) is 9.59 Å². The molecule has 1 aliphatic heterocycles. The number of carbonyl (C=O) groups excluding carboxylic acids is 2. The molecule has 2 amide bonds. The third-order valence-corrected chi connectivity index (χ3v) is 5.48. The summed E-state index contributed by atoms with van der Waals surface area (Å²) in [4.78, 5) is 25.8. The lowest BCUT2D eigenvalue weighted by Crippen LogP contribution is -2.71. The molecule has 4 heteroatoms. The van der Waals surface area contributed by atoms with Crippen LogP contribution in [-0.2, 0) is 9.59 Å². The minimum atomic E-state index is -0.220. The first kappa shape index (κ1) is 17.0. The molecule has 1 N–H and O–H groups in total. The van der Waals surface area contributed by atoms with Crippen LogP contribution in [0.2, 0.25) is 0 Å². The molecule has 0 aromatic carbocycles. The van der Waals surface area contributed by atoms with Crippen LogP contribution in [0.5, 0.6) is 0 Å². The smallest absolute Gasteiger partial charge is 0.220 e. The molecule has 0 radical (unpaired) electrons. The topological polar surface area (TPSA) is 49.4 Å². The molecular formula is C16H30N2O2. The second kappa shape index (κ2) is 5.74. The van der Waals surface area contributed by atoms with Crippen molar-refractivity contribution in [2.24, 2.45) is 5.92 Å². The number of piperidine rings is 1. The van der Waals surface area contributed by atoms with Crippen LogP contribution in [-0.4, -0.2) is 33.8 Å². The van der Waals surface area contributed by atoms with Gasteiger partial charge in [0.1, 0.15) is 0 Å². The summed E-state index contributed by atoms with van der Waals surface area (Å²) in [6.45, 7) is 13.9. The van der Waals surface area contributed by atoms with Crippen molar-refractivity contribution in [3.05, 3.63) is 0 Å². The van der Waals surface area contributed by atoms with E-state index in [1.54, 1.807) is 13.8 Å². The van der Waals surface area contributed by atoms with E-state index in [4.69, 9.17) is 0 Å². The maximum Gasteiger partial charge on any atom is 0.220 e. The zero-order valence-electron chi connectivity index (χ0n) is 14.0. The molecule has 0 saturated carbocycles. The summed E-state index contributed by atoms with van der Waals surface area (Å²) in [5.74, 6) is 0.377. The molecule has 0 aromatic heterocycles. The summed E-state index contributed by atoms with van der Waals surface area (Å²) in [6, 6.07) is 0.123. The SMILES string of the molecule is CCC1(C)CC(NC(C)=O)C(C)C(C)(CC)N1C(C)=O. The van der Waals surface area contributed by atoms with E-state index in [-0.39, 0.29) is 34.9 Å². The van der Waals surface area contributed by atoms with Crippen molar-refractivity contribution in [1.29, 1.82) is 0 Å². The molecule has 4 nitrogen and oxygen atoms in total. The number of hydrogen-bond donors (Lipinski definition) is 1. The summed E-state index contributed by atoms with van der Waals surface area (Å²) in [6.07, 6.45) is 2.60. The molecule has 4 unspecified atom stereocenters. The summed E-state index contributed by atoms with van der Waals surface area (Å²) in [5.41, 5.74) is -0.418.